The molecule has 0 aliphatic heterocycles. The summed E-state index contributed by atoms with van der Waals surface area (Å²) in [7, 11) is 1.37. The van der Waals surface area contributed by atoms with Gasteiger partial charge in [-0.25, -0.2) is 4.98 Å². The Labute approximate surface area is 179 Å². The molecule has 0 saturated carbocycles. The molecule has 3 rings (SSSR count). The number of ether oxygens (including phenoxy) is 2. The van der Waals surface area contributed by atoms with E-state index in [0.717, 1.165) is 5.56 Å². The van der Waals surface area contributed by atoms with Gasteiger partial charge in [-0.3, -0.25) is 14.0 Å². The second kappa shape index (κ2) is 10.4. The molecule has 0 saturated heterocycles. The van der Waals surface area contributed by atoms with Gasteiger partial charge in [-0.1, -0.05) is 6.07 Å². The van der Waals surface area contributed by atoms with Crippen molar-refractivity contribution in [3.8, 4) is 11.5 Å². The van der Waals surface area contributed by atoms with Crippen LogP contribution in [0.3, 0.4) is 0 Å². The molecule has 7 nitrogen and oxygen atoms in total. The van der Waals surface area contributed by atoms with Crippen LogP contribution in [-0.4, -0.2) is 41.3 Å². The van der Waals surface area contributed by atoms with Crippen LogP contribution in [0.4, 0.5) is 8.78 Å². The number of fused-ring (bicyclic) bond motifs is 1. The smallest absolute Gasteiger partial charge is 0.387 e. The molecule has 0 atom stereocenters. The lowest BCUT2D eigenvalue weighted by Gasteiger charge is -2.12. The zero-order valence-electron chi connectivity index (χ0n) is 16.0. The summed E-state index contributed by atoms with van der Waals surface area (Å²) < 4.78 is 35.9. The minimum absolute atomic E-state index is 0.0435. The SMILES string of the molecule is COc1ccc(CCNC(=O)CSCc2cc(=O)n3ccsc3n2)cc1OC(F)F. The number of methoxy groups -OCH3 is 1. The summed E-state index contributed by atoms with van der Waals surface area (Å²) in [5.74, 6) is 0.676. The molecule has 0 bridgehead atoms. The number of thioether (sulfide) groups is 1. The van der Waals surface area contributed by atoms with Gasteiger partial charge in [0.2, 0.25) is 5.91 Å². The zero-order valence-corrected chi connectivity index (χ0v) is 17.6. The summed E-state index contributed by atoms with van der Waals surface area (Å²) >= 11 is 2.73. The zero-order chi connectivity index (χ0) is 21.5. The van der Waals surface area contributed by atoms with Crippen LogP contribution >= 0.6 is 23.1 Å². The van der Waals surface area contributed by atoms with Crippen LogP contribution in [0.15, 0.2) is 40.6 Å². The van der Waals surface area contributed by atoms with Gasteiger partial charge in [0.1, 0.15) is 0 Å². The average molecular weight is 456 g/mol. The van der Waals surface area contributed by atoms with Gasteiger partial charge < -0.3 is 14.8 Å². The number of hydrogen-bond acceptors (Lipinski definition) is 7. The van der Waals surface area contributed by atoms with Gasteiger partial charge in [-0.05, 0) is 24.1 Å². The van der Waals surface area contributed by atoms with E-state index in [1.165, 1.54) is 46.7 Å². The van der Waals surface area contributed by atoms with Crippen molar-refractivity contribution in [2.45, 2.75) is 18.8 Å². The van der Waals surface area contributed by atoms with E-state index in [4.69, 9.17) is 4.74 Å². The molecule has 0 aliphatic rings. The highest BCUT2D eigenvalue weighted by atomic mass is 32.2. The molecule has 1 aromatic carbocycles. The minimum atomic E-state index is -2.95. The standard InChI is InChI=1S/C19H19F2N3O4S2/c1-27-14-3-2-12(8-15(14)28-18(20)21)4-5-22-16(25)11-29-10-13-9-17(26)24-6-7-30-19(24)23-13/h2-3,6-9,18H,4-5,10-11H2,1H3,(H,22,25). The Morgan fingerprint density at radius 1 is 1.33 bits per heavy atom. The summed E-state index contributed by atoms with van der Waals surface area (Å²) in [6.07, 6.45) is 2.12. The van der Waals surface area contributed by atoms with Crippen LogP contribution in [-0.2, 0) is 17.0 Å². The lowest BCUT2D eigenvalue weighted by molar-refractivity contribution is -0.118. The predicted molar refractivity (Wildman–Crippen MR) is 112 cm³/mol. The molecule has 0 spiro atoms. The van der Waals surface area contributed by atoms with Crippen LogP contribution < -0.4 is 20.3 Å². The Kier molecular flexibility index (Phi) is 7.63. The fourth-order valence-corrected chi connectivity index (χ4v) is 4.16. The number of rotatable bonds is 10. The predicted octanol–water partition coefficient (Wildman–Crippen LogP) is 2.96. The van der Waals surface area contributed by atoms with Crippen molar-refractivity contribution in [1.82, 2.24) is 14.7 Å². The van der Waals surface area contributed by atoms with Gasteiger partial charge in [0.05, 0.1) is 18.6 Å². The average Bonchev–Trinajstić information content (AvgIpc) is 3.17. The van der Waals surface area contributed by atoms with E-state index < -0.39 is 6.61 Å². The van der Waals surface area contributed by atoms with E-state index >= 15 is 0 Å². The lowest BCUT2D eigenvalue weighted by atomic mass is 10.1. The van der Waals surface area contributed by atoms with Gasteiger partial charge in [-0.2, -0.15) is 8.78 Å². The van der Waals surface area contributed by atoms with E-state index in [9.17, 15) is 18.4 Å². The molecule has 11 heteroatoms. The third-order valence-electron chi connectivity index (χ3n) is 4.02. The molecule has 0 radical (unpaired) electrons. The fourth-order valence-electron chi connectivity index (χ4n) is 2.67. The van der Waals surface area contributed by atoms with Crippen LogP contribution in [0.2, 0.25) is 0 Å². The summed E-state index contributed by atoms with van der Waals surface area (Å²) in [4.78, 5) is 29.0. The molecule has 3 aromatic rings. The summed E-state index contributed by atoms with van der Waals surface area (Å²) in [6, 6.07) is 6.21. The first-order chi connectivity index (χ1) is 14.5. The second-order valence-corrected chi connectivity index (χ2v) is 7.96. The number of benzene rings is 1. The van der Waals surface area contributed by atoms with Gasteiger partial charge >= 0.3 is 6.61 Å². The maximum atomic E-state index is 12.5. The molecular weight excluding hydrogens is 436 g/mol. The highest BCUT2D eigenvalue weighted by Crippen LogP contribution is 2.29. The van der Waals surface area contributed by atoms with Gasteiger partial charge in [0.15, 0.2) is 16.5 Å². The molecule has 1 N–H and O–H groups in total. The van der Waals surface area contributed by atoms with Crippen molar-refractivity contribution in [2.75, 3.05) is 19.4 Å². The quantitative estimate of drug-likeness (QED) is 0.506. The number of hydrogen-bond donors (Lipinski definition) is 1. The molecule has 2 heterocycles. The first-order valence-electron chi connectivity index (χ1n) is 8.88. The van der Waals surface area contributed by atoms with Crippen molar-refractivity contribution in [2.24, 2.45) is 0 Å². The van der Waals surface area contributed by atoms with Crippen molar-refractivity contribution >= 4 is 34.0 Å². The highest BCUT2D eigenvalue weighted by molar-refractivity contribution is 7.99. The Balaban J connectivity index is 1.44. The summed E-state index contributed by atoms with van der Waals surface area (Å²) in [5, 5.41) is 4.57. The molecule has 0 aliphatic carbocycles. The Hall–Kier alpha value is -2.66. The number of alkyl halides is 2. The number of carbonyl (C=O) groups is 1. The number of halogens is 2. The van der Waals surface area contributed by atoms with Crippen LogP contribution in [0, 0.1) is 0 Å². The molecule has 160 valence electrons. The highest BCUT2D eigenvalue weighted by Gasteiger charge is 2.11. The molecule has 0 fully saturated rings. The topological polar surface area (TPSA) is 81.9 Å². The third kappa shape index (κ3) is 5.92. The Bertz CT molecular complexity index is 1070. The molecule has 0 unspecified atom stereocenters. The van der Waals surface area contributed by atoms with Crippen molar-refractivity contribution in [1.29, 1.82) is 0 Å². The first-order valence-corrected chi connectivity index (χ1v) is 10.9. The summed E-state index contributed by atoms with van der Waals surface area (Å²) in [5.41, 5.74) is 1.22. The van der Waals surface area contributed by atoms with Crippen LogP contribution in [0.5, 0.6) is 11.5 Å². The van der Waals surface area contributed by atoms with Crippen molar-refractivity contribution in [3.63, 3.8) is 0 Å². The van der Waals surface area contributed by atoms with Crippen molar-refractivity contribution in [3.05, 3.63) is 57.5 Å². The number of carbonyl (C=O) groups excluding carboxylic acids is 1. The number of nitrogens with zero attached hydrogens (tertiary/aromatic N) is 2. The number of aromatic nitrogens is 2. The summed E-state index contributed by atoms with van der Waals surface area (Å²) in [6.45, 7) is -2.60. The Morgan fingerprint density at radius 3 is 2.93 bits per heavy atom. The van der Waals surface area contributed by atoms with Gasteiger partial charge in [0.25, 0.3) is 5.56 Å². The van der Waals surface area contributed by atoms with Crippen LogP contribution in [0.1, 0.15) is 11.3 Å². The third-order valence-corrected chi connectivity index (χ3v) is 5.74. The first kappa shape index (κ1) is 22.0. The van der Waals surface area contributed by atoms with Gasteiger partial charge in [-0.15, -0.1) is 23.1 Å². The van der Waals surface area contributed by atoms with Crippen LogP contribution in [0.25, 0.3) is 4.96 Å². The van der Waals surface area contributed by atoms with Crippen molar-refractivity contribution < 1.29 is 23.0 Å². The second-order valence-electron chi connectivity index (χ2n) is 6.10. The molecule has 1 amide bonds. The monoisotopic (exact) mass is 455 g/mol. The van der Waals surface area contributed by atoms with E-state index in [1.807, 2.05) is 0 Å². The van der Waals surface area contributed by atoms with E-state index in [0.29, 0.717) is 29.4 Å². The minimum Gasteiger partial charge on any atom is -0.493 e. The maximum Gasteiger partial charge on any atom is 0.387 e. The normalized spacial score (nSPS) is 11.1. The molecule has 30 heavy (non-hydrogen) atoms. The lowest BCUT2D eigenvalue weighted by Crippen LogP contribution is -2.27. The van der Waals surface area contributed by atoms with E-state index in [1.54, 1.807) is 23.7 Å². The van der Waals surface area contributed by atoms with E-state index in [2.05, 4.69) is 15.0 Å². The van der Waals surface area contributed by atoms with E-state index in [-0.39, 0.29) is 28.7 Å². The number of nitrogens with one attached hydrogen (secondary N) is 1. The number of thiazole rings is 1. The largest absolute Gasteiger partial charge is 0.493 e. The maximum absolute atomic E-state index is 12.5. The fraction of sp³-hybridized carbons (Fsp3) is 0.316. The van der Waals surface area contributed by atoms with Gasteiger partial charge in [0, 0.05) is 29.9 Å². The molecular formula is C19H19F2N3O4S2. The number of amides is 1. The molecule has 2 aromatic heterocycles. The Morgan fingerprint density at radius 2 is 2.17 bits per heavy atom.